The fourth-order valence-electron chi connectivity index (χ4n) is 0. The zero-order valence-electron chi connectivity index (χ0n) is 15.1. The van der Waals surface area contributed by atoms with Crippen LogP contribution in [-0.2, 0) is 17.5 Å². The van der Waals surface area contributed by atoms with Gasteiger partial charge in [-0.1, -0.05) is 0 Å². The third-order valence-electron chi connectivity index (χ3n) is 0. The topological polar surface area (TPSA) is 10.8 Å². The molecule has 8 heteroatoms. The van der Waals surface area contributed by atoms with Crippen LogP contribution in [0.15, 0.2) is 0 Å². The van der Waals surface area contributed by atoms with Crippen LogP contribution in [0.25, 0.3) is 0 Å². The SMILES string of the molecule is C[O+](C)C.C[O+](C)C.C[O+](C)C.C[O+](C)C.[F-].[F-].[F-].[F-]. The minimum atomic E-state index is 0. The summed E-state index contributed by atoms with van der Waals surface area (Å²) in [5.74, 6) is 0. The van der Waals surface area contributed by atoms with Crippen LogP contribution in [-0.4, -0.2) is 85.3 Å². The fourth-order valence-corrected chi connectivity index (χ4v) is 0. The Morgan fingerprint density at radius 2 is 0.250 bits per heavy atom. The maximum Gasteiger partial charge on any atom is 0.135 e. The minimum Gasteiger partial charge on any atom is -1.00 e. The van der Waals surface area contributed by atoms with Crippen molar-refractivity contribution in [1.82, 2.24) is 0 Å². The van der Waals surface area contributed by atoms with E-state index < -0.39 is 0 Å². The van der Waals surface area contributed by atoms with Crippen molar-refractivity contribution in [2.75, 3.05) is 85.3 Å². The molecule has 0 aliphatic heterocycles. The van der Waals surface area contributed by atoms with Crippen molar-refractivity contribution in [3.8, 4) is 0 Å². The Kier molecular flexibility index (Phi) is 108. The molecule has 0 rings (SSSR count). The summed E-state index contributed by atoms with van der Waals surface area (Å²) in [6, 6.07) is 0. The highest BCUT2D eigenvalue weighted by atomic mass is 19.0. The molecule has 0 N–H and O–H groups in total. The van der Waals surface area contributed by atoms with Crippen molar-refractivity contribution in [3.63, 3.8) is 0 Å². The van der Waals surface area contributed by atoms with Gasteiger partial charge < -0.3 is 36.3 Å². The van der Waals surface area contributed by atoms with E-state index >= 15 is 0 Å². The monoisotopic (exact) mass is 320 g/mol. The largest absolute Gasteiger partial charge is 1.00 e. The molecule has 0 radical (unpaired) electrons. The lowest BCUT2D eigenvalue weighted by Crippen LogP contribution is -3.00. The molecule has 0 heterocycles. The molecule has 0 saturated heterocycles. The maximum absolute atomic E-state index is 2.58. The average Bonchev–Trinajstić information content (AvgIpc) is 1.76. The first-order valence-electron chi connectivity index (χ1n) is 4.90. The molecule has 0 bridgehead atoms. The van der Waals surface area contributed by atoms with Gasteiger partial charge in [-0.3, -0.25) is 0 Å². The molecule has 0 spiro atoms. The zero-order chi connectivity index (χ0) is 14.3. The number of hydrogen-bond donors (Lipinski definition) is 0. The van der Waals surface area contributed by atoms with E-state index in [4.69, 9.17) is 0 Å². The number of rotatable bonds is 0. The van der Waals surface area contributed by atoms with Crippen molar-refractivity contribution in [2.45, 2.75) is 0 Å². The van der Waals surface area contributed by atoms with Crippen LogP contribution in [0.4, 0.5) is 0 Å². The molecule has 0 aliphatic rings. The summed E-state index contributed by atoms with van der Waals surface area (Å²) in [5, 5.41) is 0. The summed E-state index contributed by atoms with van der Waals surface area (Å²) in [5.41, 5.74) is 0. The first kappa shape index (κ1) is 50.4. The fraction of sp³-hybridized carbons (Fsp3) is 1.00. The van der Waals surface area contributed by atoms with E-state index in [1.807, 2.05) is 85.3 Å². The molecular formula is C12H36F4O4. The van der Waals surface area contributed by atoms with Gasteiger partial charge in [0.1, 0.15) is 85.3 Å². The Morgan fingerprint density at radius 3 is 0.250 bits per heavy atom. The second-order valence-electron chi connectivity index (χ2n) is 4.90. The highest BCUT2D eigenvalue weighted by Crippen LogP contribution is 1.61. The molecule has 20 heavy (non-hydrogen) atoms. The lowest BCUT2D eigenvalue weighted by molar-refractivity contribution is -0.00282. The zero-order valence-corrected chi connectivity index (χ0v) is 15.1. The molecule has 0 amide bonds. The number of hydrogen-bond acceptors (Lipinski definition) is 0. The van der Waals surface area contributed by atoms with E-state index in [1.165, 1.54) is 0 Å². The van der Waals surface area contributed by atoms with E-state index in [9.17, 15) is 0 Å². The molecule has 0 saturated carbocycles. The van der Waals surface area contributed by atoms with Crippen molar-refractivity contribution >= 4 is 0 Å². The highest BCUT2D eigenvalue weighted by Gasteiger charge is 1.62. The Hall–Kier alpha value is -0.440. The van der Waals surface area contributed by atoms with E-state index in [1.54, 1.807) is 0 Å². The normalized spacial score (nSPS) is 7.20. The van der Waals surface area contributed by atoms with Crippen LogP contribution < -0.4 is 18.8 Å². The highest BCUT2D eigenvalue weighted by molar-refractivity contribution is 3.85. The molecule has 0 aliphatic carbocycles. The van der Waals surface area contributed by atoms with Gasteiger partial charge in [-0.25, -0.2) is 0 Å². The summed E-state index contributed by atoms with van der Waals surface area (Å²) in [6.07, 6.45) is 0. The van der Waals surface area contributed by atoms with Crippen molar-refractivity contribution < 1.29 is 36.3 Å². The summed E-state index contributed by atoms with van der Waals surface area (Å²) < 4.78 is 10.3. The summed E-state index contributed by atoms with van der Waals surface area (Å²) in [4.78, 5) is 0. The lowest BCUT2D eigenvalue weighted by Gasteiger charge is -1.90. The van der Waals surface area contributed by atoms with Gasteiger partial charge in [-0.2, -0.15) is 0 Å². The van der Waals surface area contributed by atoms with E-state index in [2.05, 4.69) is 17.5 Å². The van der Waals surface area contributed by atoms with Crippen LogP contribution in [0.5, 0.6) is 0 Å². The van der Waals surface area contributed by atoms with Crippen LogP contribution in [0, 0.1) is 0 Å². The molecule has 0 unspecified atom stereocenters. The summed E-state index contributed by atoms with van der Waals surface area (Å²) in [7, 11) is 23.0. The minimum absolute atomic E-state index is 0. The van der Waals surface area contributed by atoms with Gasteiger partial charge in [0.15, 0.2) is 0 Å². The van der Waals surface area contributed by atoms with E-state index in [0.717, 1.165) is 0 Å². The molecule has 136 valence electrons. The summed E-state index contributed by atoms with van der Waals surface area (Å²) >= 11 is 0. The molecule has 0 aromatic rings. The predicted octanol–water partition coefficient (Wildman–Crippen LogP) is -10.3. The first-order chi connectivity index (χ1) is 6.93. The van der Waals surface area contributed by atoms with Crippen LogP contribution in [0.1, 0.15) is 0 Å². The van der Waals surface area contributed by atoms with Crippen molar-refractivity contribution in [3.05, 3.63) is 0 Å². The van der Waals surface area contributed by atoms with Gasteiger partial charge in [0.2, 0.25) is 0 Å². The van der Waals surface area contributed by atoms with Gasteiger partial charge >= 0.3 is 0 Å². The Morgan fingerprint density at radius 1 is 0.250 bits per heavy atom. The quantitative estimate of drug-likeness (QED) is 0.310. The maximum atomic E-state index is 2.58. The molecule has 0 atom stereocenters. The Labute approximate surface area is 122 Å². The van der Waals surface area contributed by atoms with E-state index in [0.29, 0.717) is 0 Å². The van der Waals surface area contributed by atoms with Gasteiger partial charge in [0.25, 0.3) is 0 Å². The molecule has 0 aromatic heterocycles. The lowest BCUT2D eigenvalue weighted by atomic mass is 11.4. The molecule has 0 fully saturated rings. The number of halogens is 4. The molecule has 4 nitrogen and oxygen atoms in total. The first-order valence-corrected chi connectivity index (χ1v) is 4.90. The summed E-state index contributed by atoms with van der Waals surface area (Å²) in [6.45, 7) is 0. The van der Waals surface area contributed by atoms with Gasteiger partial charge in [0.05, 0.1) is 0 Å². The Balaban J connectivity index is -0.0000000150. The van der Waals surface area contributed by atoms with Gasteiger partial charge in [0, 0.05) is 0 Å². The van der Waals surface area contributed by atoms with Crippen LogP contribution in [0.3, 0.4) is 0 Å². The van der Waals surface area contributed by atoms with Crippen LogP contribution in [0.2, 0.25) is 0 Å². The van der Waals surface area contributed by atoms with Gasteiger partial charge in [-0.05, 0) is 0 Å². The smallest absolute Gasteiger partial charge is 0.135 e. The molecule has 0 aromatic carbocycles. The third-order valence-corrected chi connectivity index (χ3v) is 0. The van der Waals surface area contributed by atoms with E-state index in [-0.39, 0.29) is 18.8 Å². The average molecular weight is 320 g/mol. The van der Waals surface area contributed by atoms with Crippen LogP contribution >= 0.6 is 0 Å². The predicted molar refractivity (Wildman–Crippen MR) is 75.4 cm³/mol. The Bertz CT molecular complexity index is 70.4. The van der Waals surface area contributed by atoms with Gasteiger partial charge in [-0.15, -0.1) is 0 Å². The second kappa shape index (κ2) is 42.8. The molecular weight excluding hydrogens is 284 g/mol. The second-order valence-corrected chi connectivity index (χ2v) is 4.90. The third kappa shape index (κ3) is 24900. The standard InChI is InChI=1S/4C3H9O.4FH/c4*1-4(2)3;;;;/h4*1-3H3;4*1H/q4*+1;;;;/p-4. The van der Waals surface area contributed by atoms with Crippen molar-refractivity contribution in [2.24, 2.45) is 0 Å². The van der Waals surface area contributed by atoms with Crippen molar-refractivity contribution in [1.29, 1.82) is 0 Å².